The molecular formula is C16H19N3O2. The maximum Gasteiger partial charge on any atom is 0.325 e. The van der Waals surface area contributed by atoms with Gasteiger partial charge in [0.2, 0.25) is 0 Å². The highest BCUT2D eigenvalue weighted by Gasteiger charge is 2.54. The molecule has 1 fully saturated rings. The molecule has 1 aromatic rings. The molecule has 5 nitrogen and oxygen atoms in total. The van der Waals surface area contributed by atoms with Crippen LogP contribution < -0.4 is 5.32 Å². The van der Waals surface area contributed by atoms with Gasteiger partial charge in [-0.25, -0.2) is 4.79 Å². The van der Waals surface area contributed by atoms with Crippen LogP contribution in [0.15, 0.2) is 24.3 Å². The van der Waals surface area contributed by atoms with Gasteiger partial charge in [-0.1, -0.05) is 32.9 Å². The summed E-state index contributed by atoms with van der Waals surface area (Å²) in [4.78, 5) is 26.0. The monoisotopic (exact) mass is 285 g/mol. The highest BCUT2D eigenvalue weighted by atomic mass is 16.2. The molecule has 21 heavy (non-hydrogen) atoms. The minimum atomic E-state index is -0.920. The van der Waals surface area contributed by atoms with E-state index in [1.807, 2.05) is 20.8 Å². The third-order valence-electron chi connectivity index (χ3n) is 4.17. The van der Waals surface area contributed by atoms with Crippen LogP contribution >= 0.6 is 0 Å². The van der Waals surface area contributed by atoms with Gasteiger partial charge in [0, 0.05) is 0 Å². The van der Waals surface area contributed by atoms with Crippen LogP contribution in [0.2, 0.25) is 0 Å². The molecule has 1 heterocycles. The zero-order valence-electron chi connectivity index (χ0n) is 12.7. The molecule has 1 aliphatic heterocycles. The topological polar surface area (TPSA) is 73.2 Å². The van der Waals surface area contributed by atoms with Crippen LogP contribution in [-0.2, 0) is 11.3 Å². The number of nitrogens with zero attached hydrogens (tertiary/aromatic N) is 2. The van der Waals surface area contributed by atoms with Gasteiger partial charge in [-0.05, 0) is 30.0 Å². The molecule has 1 aliphatic rings. The second-order valence-corrected chi connectivity index (χ2v) is 6.51. The molecule has 0 saturated carbocycles. The number of hydrogen-bond donors (Lipinski definition) is 1. The fraction of sp³-hybridized carbons (Fsp3) is 0.438. The first-order valence-electron chi connectivity index (χ1n) is 6.82. The summed E-state index contributed by atoms with van der Waals surface area (Å²) in [6.45, 7) is 7.69. The first-order valence-corrected chi connectivity index (χ1v) is 6.82. The van der Waals surface area contributed by atoms with E-state index in [0.717, 1.165) is 5.56 Å². The van der Waals surface area contributed by atoms with Gasteiger partial charge in [0.1, 0.15) is 5.54 Å². The van der Waals surface area contributed by atoms with Gasteiger partial charge in [-0.2, -0.15) is 5.26 Å². The summed E-state index contributed by atoms with van der Waals surface area (Å²) in [7, 11) is 0. The Kier molecular flexibility index (Phi) is 3.50. The van der Waals surface area contributed by atoms with Gasteiger partial charge in [-0.3, -0.25) is 9.69 Å². The molecule has 0 radical (unpaired) electrons. The standard InChI is InChI=1S/C16H19N3O2/c1-15(2,3)16(4)13(20)19(14(21)18-16)10-12-7-5-6-11(8-12)9-17/h5-8H,10H2,1-4H3,(H,18,21). The smallest absolute Gasteiger partial charge is 0.323 e. The second-order valence-electron chi connectivity index (χ2n) is 6.51. The maximum atomic E-state index is 12.6. The van der Waals surface area contributed by atoms with E-state index in [1.165, 1.54) is 4.90 Å². The second kappa shape index (κ2) is 4.88. The van der Waals surface area contributed by atoms with Crippen LogP contribution in [0.3, 0.4) is 0 Å². The van der Waals surface area contributed by atoms with E-state index in [2.05, 4.69) is 11.4 Å². The van der Waals surface area contributed by atoms with Crippen molar-refractivity contribution in [3.8, 4) is 6.07 Å². The van der Waals surface area contributed by atoms with E-state index >= 15 is 0 Å². The third kappa shape index (κ3) is 2.49. The highest BCUT2D eigenvalue weighted by Crippen LogP contribution is 2.35. The number of carbonyl (C=O) groups excluding carboxylic acids is 2. The average Bonchev–Trinajstić information content (AvgIpc) is 2.63. The van der Waals surface area contributed by atoms with Crippen molar-refractivity contribution in [2.24, 2.45) is 5.41 Å². The molecule has 1 unspecified atom stereocenters. The lowest BCUT2D eigenvalue weighted by Crippen LogP contribution is -2.54. The van der Waals surface area contributed by atoms with Crippen molar-refractivity contribution in [1.82, 2.24) is 10.2 Å². The van der Waals surface area contributed by atoms with Gasteiger partial charge in [0.25, 0.3) is 5.91 Å². The summed E-state index contributed by atoms with van der Waals surface area (Å²) < 4.78 is 0. The van der Waals surface area contributed by atoms with Crippen LogP contribution in [0.25, 0.3) is 0 Å². The van der Waals surface area contributed by atoms with Crippen LogP contribution in [0, 0.1) is 16.7 Å². The Hall–Kier alpha value is -2.35. The Bertz CT molecular complexity index is 640. The van der Waals surface area contributed by atoms with Crippen molar-refractivity contribution in [3.63, 3.8) is 0 Å². The van der Waals surface area contributed by atoms with E-state index in [4.69, 9.17) is 5.26 Å². The quantitative estimate of drug-likeness (QED) is 0.848. The van der Waals surface area contributed by atoms with Crippen molar-refractivity contribution in [2.45, 2.75) is 39.8 Å². The number of urea groups is 1. The number of rotatable bonds is 2. The predicted octanol–water partition coefficient (Wildman–Crippen LogP) is 2.41. The number of carbonyl (C=O) groups is 2. The molecule has 0 aromatic heterocycles. The molecule has 5 heteroatoms. The first kappa shape index (κ1) is 15.0. The highest BCUT2D eigenvalue weighted by molar-refractivity contribution is 6.07. The Morgan fingerprint density at radius 1 is 1.33 bits per heavy atom. The van der Waals surface area contributed by atoms with Gasteiger partial charge < -0.3 is 5.32 Å². The fourth-order valence-electron chi connectivity index (χ4n) is 2.27. The molecule has 3 amide bonds. The van der Waals surface area contributed by atoms with E-state index in [-0.39, 0.29) is 23.9 Å². The zero-order valence-corrected chi connectivity index (χ0v) is 12.7. The minimum Gasteiger partial charge on any atom is -0.323 e. The Morgan fingerprint density at radius 2 is 2.00 bits per heavy atom. The van der Waals surface area contributed by atoms with Crippen LogP contribution in [0.4, 0.5) is 4.79 Å². The normalized spacial score (nSPS) is 22.1. The number of nitrogens with one attached hydrogen (secondary N) is 1. The van der Waals surface area contributed by atoms with Crippen LogP contribution in [-0.4, -0.2) is 22.4 Å². The Morgan fingerprint density at radius 3 is 2.52 bits per heavy atom. The number of imide groups is 1. The van der Waals surface area contributed by atoms with E-state index in [0.29, 0.717) is 5.56 Å². The van der Waals surface area contributed by atoms with Crippen LogP contribution in [0.5, 0.6) is 0 Å². The lowest BCUT2D eigenvalue weighted by atomic mass is 9.75. The van der Waals surface area contributed by atoms with Gasteiger partial charge in [0.15, 0.2) is 0 Å². The summed E-state index contributed by atoms with van der Waals surface area (Å²) in [6, 6.07) is 8.58. The van der Waals surface area contributed by atoms with Crippen molar-refractivity contribution in [2.75, 3.05) is 0 Å². The number of amides is 3. The molecule has 110 valence electrons. The average molecular weight is 285 g/mol. The maximum absolute atomic E-state index is 12.6. The molecular weight excluding hydrogens is 266 g/mol. The molecule has 0 bridgehead atoms. The molecule has 0 spiro atoms. The van der Waals surface area contributed by atoms with Crippen molar-refractivity contribution in [3.05, 3.63) is 35.4 Å². The van der Waals surface area contributed by atoms with Crippen molar-refractivity contribution >= 4 is 11.9 Å². The van der Waals surface area contributed by atoms with Gasteiger partial charge in [0.05, 0.1) is 18.2 Å². The Balaban J connectivity index is 2.28. The lowest BCUT2D eigenvalue weighted by Gasteiger charge is -2.35. The summed E-state index contributed by atoms with van der Waals surface area (Å²) >= 11 is 0. The number of benzene rings is 1. The van der Waals surface area contributed by atoms with E-state index in [9.17, 15) is 9.59 Å². The lowest BCUT2D eigenvalue weighted by molar-refractivity contribution is -0.134. The molecule has 0 aliphatic carbocycles. The van der Waals surface area contributed by atoms with Crippen molar-refractivity contribution in [1.29, 1.82) is 5.26 Å². The van der Waals surface area contributed by atoms with Crippen molar-refractivity contribution < 1.29 is 9.59 Å². The molecule has 1 aromatic carbocycles. The third-order valence-corrected chi connectivity index (χ3v) is 4.17. The van der Waals surface area contributed by atoms with Gasteiger partial charge >= 0.3 is 6.03 Å². The summed E-state index contributed by atoms with van der Waals surface area (Å²) in [5.41, 5.74) is -0.0336. The van der Waals surface area contributed by atoms with Crippen LogP contribution in [0.1, 0.15) is 38.8 Å². The fourth-order valence-corrected chi connectivity index (χ4v) is 2.27. The molecule has 1 atom stereocenters. The van der Waals surface area contributed by atoms with Gasteiger partial charge in [-0.15, -0.1) is 0 Å². The minimum absolute atomic E-state index is 0.172. The van der Waals surface area contributed by atoms with E-state index < -0.39 is 5.54 Å². The SMILES string of the molecule is CC(C)(C)C1(C)NC(=O)N(Cc2cccc(C#N)c2)C1=O. The zero-order chi connectivity index (χ0) is 15.8. The molecule has 1 N–H and O–H groups in total. The summed E-state index contributed by atoms with van der Waals surface area (Å²) in [6.07, 6.45) is 0. The number of nitriles is 1. The first-order chi connectivity index (χ1) is 9.69. The summed E-state index contributed by atoms with van der Waals surface area (Å²) in [5, 5.41) is 11.7. The largest absolute Gasteiger partial charge is 0.325 e. The molecule has 2 rings (SSSR count). The molecule has 1 saturated heterocycles. The number of hydrogen-bond acceptors (Lipinski definition) is 3. The predicted molar refractivity (Wildman–Crippen MR) is 78.1 cm³/mol. The summed E-state index contributed by atoms with van der Waals surface area (Å²) in [5.74, 6) is -0.234. The van der Waals surface area contributed by atoms with E-state index in [1.54, 1.807) is 31.2 Å². The Labute approximate surface area is 124 Å².